The number of primary sulfonamides is 1. The van der Waals surface area contributed by atoms with E-state index in [4.69, 9.17) is 16.7 Å². The molecule has 2 N–H and O–H groups in total. The molecule has 0 aliphatic carbocycles. The van der Waals surface area contributed by atoms with Crippen LogP contribution in [0.25, 0.3) is 0 Å². The van der Waals surface area contributed by atoms with E-state index < -0.39 is 21.1 Å². The summed E-state index contributed by atoms with van der Waals surface area (Å²) in [6, 6.07) is 1.83. The molecule has 0 amide bonds. The Morgan fingerprint density at radius 2 is 2.08 bits per heavy atom. The van der Waals surface area contributed by atoms with Crippen molar-refractivity contribution in [1.82, 2.24) is 4.98 Å². The minimum absolute atomic E-state index is 0.384. The third-order valence-corrected chi connectivity index (χ3v) is 2.43. The number of hydrogen-bond acceptors (Lipinski definition) is 3. The summed E-state index contributed by atoms with van der Waals surface area (Å²) in [6.45, 7) is 0. The fourth-order valence-electron chi connectivity index (χ4n) is 0.612. The lowest BCUT2D eigenvalue weighted by Gasteiger charge is -1.98. The zero-order chi connectivity index (χ0) is 9.35. The van der Waals surface area contributed by atoms with Crippen molar-refractivity contribution in [3.05, 3.63) is 23.2 Å². The Morgan fingerprint density at radius 3 is 2.50 bits per heavy atom. The van der Waals surface area contributed by atoms with Gasteiger partial charge in [-0.15, -0.1) is 0 Å². The molecule has 1 rings (SSSR count). The van der Waals surface area contributed by atoms with E-state index in [0.29, 0.717) is 0 Å². The second-order valence-electron chi connectivity index (χ2n) is 1.97. The number of nitrogens with two attached hydrogens (primary N) is 1. The van der Waals surface area contributed by atoms with E-state index in [1.807, 2.05) is 0 Å². The van der Waals surface area contributed by atoms with Crippen LogP contribution in [-0.2, 0) is 10.0 Å². The zero-order valence-electron chi connectivity index (χ0n) is 5.66. The Hall–Kier alpha value is -0.720. The average Bonchev–Trinajstić information content (AvgIpc) is 1.83. The Morgan fingerprint density at radius 1 is 1.50 bits per heavy atom. The second-order valence-corrected chi connectivity index (χ2v) is 3.86. The monoisotopic (exact) mass is 210 g/mol. The fraction of sp³-hybridized carbons (Fsp3) is 0. The van der Waals surface area contributed by atoms with Crippen LogP contribution >= 0.6 is 11.6 Å². The summed E-state index contributed by atoms with van der Waals surface area (Å²) in [6.07, 6.45) is 0. The Balaban J connectivity index is 3.39. The molecule has 0 aromatic carbocycles. The number of pyridine rings is 1. The summed E-state index contributed by atoms with van der Waals surface area (Å²) in [5, 5.41) is 4.27. The maximum absolute atomic E-state index is 12.3. The highest BCUT2D eigenvalue weighted by atomic mass is 35.5. The van der Waals surface area contributed by atoms with Gasteiger partial charge in [0.1, 0.15) is 4.90 Å². The van der Waals surface area contributed by atoms with Crippen molar-refractivity contribution in [2.45, 2.75) is 4.90 Å². The SMILES string of the molecule is NS(=O)(=O)c1ccc(F)nc1Cl. The molecule has 1 aromatic rings. The van der Waals surface area contributed by atoms with Crippen LogP contribution in [0.5, 0.6) is 0 Å². The van der Waals surface area contributed by atoms with Gasteiger partial charge in [0.2, 0.25) is 16.0 Å². The van der Waals surface area contributed by atoms with E-state index in [9.17, 15) is 12.8 Å². The number of rotatable bonds is 1. The Labute approximate surface area is 73.2 Å². The molecule has 0 aliphatic heterocycles. The topological polar surface area (TPSA) is 73.1 Å². The molecular weight excluding hydrogens is 207 g/mol. The summed E-state index contributed by atoms with van der Waals surface area (Å²) < 4.78 is 33.7. The highest BCUT2D eigenvalue weighted by Crippen LogP contribution is 2.16. The predicted octanol–water partition coefficient (Wildman–Crippen LogP) is 0.522. The van der Waals surface area contributed by atoms with Gasteiger partial charge in [-0.25, -0.2) is 18.5 Å². The molecule has 12 heavy (non-hydrogen) atoms. The summed E-state index contributed by atoms with van der Waals surface area (Å²) in [4.78, 5) is 2.70. The van der Waals surface area contributed by atoms with Crippen LogP contribution in [0.15, 0.2) is 17.0 Å². The third-order valence-electron chi connectivity index (χ3n) is 1.09. The zero-order valence-corrected chi connectivity index (χ0v) is 7.23. The van der Waals surface area contributed by atoms with E-state index in [1.54, 1.807) is 0 Å². The van der Waals surface area contributed by atoms with Gasteiger partial charge < -0.3 is 0 Å². The minimum atomic E-state index is -3.91. The van der Waals surface area contributed by atoms with E-state index in [0.717, 1.165) is 12.1 Å². The van der Waals surface area contributed by atoms with Crippen LogP contribution in [0, 0.1) is 5.95 Å². The van der Waals surface area contributed by atoms with Crippen molar-refractivity contribution in [3.8, 4) is 0 Å². The van der Waals surface area contributed by atoms with E-state index in [-0.39, 0.29) is 4.90 Å². The number of nitrogens with zero attached hydrogens (tertiary/aromatic N) is 1. The fourth-order valence-corrected chi connectivity index (χ4v) is 1.62. The van der Waals surface area contributed by atoms with Gasteiger partial charge in [-0.05, 0) is 12.1 Å². The molecule has 0 aliphatic rings. The first-order valence-electron chi connectivity index (χ1n) is 2.76. The smallest absolute Gasteiger partial charge is 0.225 e. The molecule has 1 heterocycles. The second kappa shape index (κ2) is 2.96. The first kappa shape index (κ1) is 9.37. The molecule has 0 bridgehead atoms. The average molecular weight is 211 g/mol. The van der Waals surface area contributed by atoms with Gasteiger partial charge >= 0.3 is 0 Å². The summed E-state index contributed by atoms with van der Waals surface area (Å²) in [5.74, 6) is -0.854. The molecule has 0 saturated carbocycles. The molecule has 7 heteroatoms. The maximum atomic E-state index is 12.3. The molecular formula is C5H4ClFN2O2S. The summed E-state index contributed by atoms with van der Waals surface area (Å²) in [7, 11) is -3.91. The largest absolute Gasteiger partial charge is 0.241 e. The molecule has 0 radical (unpaired) electrons. The molecule has 0 fully saturated rings. The first-order chi connectivity index (χ1) is 5.41. The highest BCUT2D eigenvalue weighted by molar-refractivity contribution is 7.89. The minimum Gasteiger partial charge on any atom is -0.225 e. The van der Waals surface area contributed by atoms with Gasteiger partial charge in [-0.3, -0.25) is 0 Å². The number of sulfonamides is 1. The van der Waals surface area contributed by atoms with Crippen LogP contribution in [0.2, 0.25) is 5.15 Å². The van der Waals surface area contributed by atoms with Crippen molar-refractivity contribution < 1.29 is 12.8 Å². The predicted molar refractivity (Wildman–Crippen MR) is 40.6 cm³/mol. The highest BCUT2D eigenvalue weighted by Gasteiger charge is 2.13. The van der Waals surface area contributed by atoms with E-state index in [1.165, 1.54) is 0 Å². The summed E-state index contributed by atoms with van der Waals surface area (Å²) in [5.41, 5.74) is 0. The molecule has 0 atom stereocenters. The molecule has 0 unspecified atom stereocenters. The lowest BCUT2D eigenvalue weighted by atomic mass is 10.5. The Bertz CT molecular complexity index is 406. The van der Waals surface area contributed by atoms with Gasteiger partial charge in [-0.1, -0.05) is 11.6 Å². The van der Waals surface area contributed by atoms with Crippen molar-refractivity contribution >= 4 is 21.6 Å². The lowest BCUT2D eigenvalue weighted by Crippen LogP contribution is -2.13. The first-order valence-corrected chi connectivity index (χ1v) is 4.68. The number of halogens is 2. The number of hydrogen-bond donors (Lipinski definition) is 1. The van der Waals surface area contributed by atoms with Gasteiger partial charge in [0.25, 0.3) is 0 Å². The quantitative estimate of drug-likeness (QED) is 0.687. The van der Waals surface area contributed by atoms with Crippen molar-refractivity contribution in [2.75, 3.05) is 0 Å². The van der Waals surface area contributed by atoms with Crippen LogP contribution in [-0.4, -0.2) is 13.4 Å². The van der Waals surface area contributed by atoms with Crippen molar-refractivity contribution in [3.63, 3.8) is 0 Å². The van der Waals surface area contributed by atoms with Gasteiger partial charge in [0.05, 0.1) is 0 Å². The molecule has 0 saturated heterocycles. The van der Waals surface area contributed by atoms with Crippen LogP contribution in [0.1, 0.15) is 0 Å². The Kier molecular flexibility index (Phi) is 2.31. The molecule has 4 nitrogen and oxygen atoms in total. The van der Waals surface area contributed by atoms with Crippen LogP contribution < -0.4 is 5.14 Å². The van der Waals surface area contributed by atoms with Gasteiger partial charge in [-0.2, -0.15) is 4.39 Å². The lowest BCUT2D eigenvalue weighted by molar-refractivity contribution is 0.577. The molecule has 0 spiro atoms. The number of aromatic nitrogens is 1. The van der Waals surface area contributed by atoms with E-state index >= 15 is 0 Å². The van der Waals surface area contributed by atoms with Crippen molar-refractivity contribution in [1.29, 1.82) is 0 Å². The maximum Gasteiger partial charge on any atom is 0.241 e. The summed E-state index contributed by atoms with van der Waals surface area (Å²) >= 11 is 5.30. The normalized spacial score (nSPS) is 11.6. The van der Waals surface area contributed by atoms with Gasteiger partial charge in [0.15, 0.2) is 5.15 Å². The van der Waals surface area contributed by atoms with Crippen LogP contribution in [0.3, 0.4) is 0 Å². The standard InChI is InChI=1S/C5H4ClFN2O2S/c6-5-3(12(8,10)11)1-2-4(7)9-5/h1-2H,(H2,8,10,11). The van der Waals surface area contributed by atoms with Gasteiger partial charge in [0, 0.05) is 0 Å². The molecule has 1 aromatic heterocycles. The third kappa shape index (κ3) is 1.90. The molecule has 66 valence electrons. The van der Waals surface area contributed by atoms with E-state index in [2.05, 4.69) is 4.98 Å². The van der Waals surface area contributed by atoms with Crippen LogP contribution in [0.4, 0.5) is 4.39 Å². The van der Waals surface area contributed by atoms with Crippen molar-refractivity contribution in [2.24, 2.45) is 5.14 Å².